The Balaban J connectivity index is 1.29. The molecule has 1 saturated heterocycles. The van der Waals surface area contributed by atoms with Crippen LogP contribution in [0.2, 0.25) is 0 Å². The number of likely N-dealkylation sites (tertiary alicyclic amines) is 1. The first-order valence-corrected chi connectivity index (χ1v) is 12.4. The van der Waals surface area contributed by atoms with Gasteiger partial charge in [0.25, 0.3) is 5.91 Å². The van der Waals surface area contributed by atoms with Crippen molar-refractivity contribution in [3.8, 4) is 5.69 Å². The molecule has 1 aliphatic rings. The molecule has 1 atom stereocenters. The number of amides is 1. The highest BCUT2D eigenvalue weighted by Gasteiger charge is 2.24. The van der Waals surface area contributed by atoms with Crippen LogP contribution in [0.1, 0.15) is 44.9 Å². The van der Waals surface area contributed by atoms with Crippen LogP contribution in [0.4, 0.5) is 0 Å². The second-order valence-electron chi connectivity index (χ2n) is 9.93. The fourth-order valence-corrected chi connectivity index (χ4v) is 4.97. The first-order chi connectivity index (χ1) is 16.9. The van der Waals surface area contributed by atoms with E-state index in [4.69, 9.17) is 10.1 Å². The second-order valence-corrected chi connectivity index (χ2v) is 9.93. The number of benzene rings is 2. The smallest absolute Gasteiger partial charge is 0.252 e. The topological polar surface area (TPSA) is 63.1 Å². The molecule has 1 N–H and O–H groups in total. The highest BCUT2D eigenvalue weighted by atomic mass is 16.1. The number of hydrogen-bond donors (Lipinski definition) is 1. The normalized spacial score (nSPS) is 16.2. The van der Waals surface area contributed by atoms with E-state index in [0.717, 1.165) is 54.2 Å². The summed E-state index contributed by atoms with van der Waals surface area (Å²) in [7, 11) is 0. The maximum atomic E-state index is 13.3. The molecule has 0 radical (unpaired) electrons. The van der Waals surface area contributed by atoms with Crippen molar-refractivity contribution >= 4 is 16.9 Å². The van der Waals surface area contributed by atoms with E-state index in [-0.39, 0.29) is 5.91 Å². The molecule has 1 aliphatic heterocycles. The molecule has 0 saturated carbocycles. The molecular weight excluding hydrogens is 434 g/mol. The predicted octanol–water partition coefficient (Wildman–Crippen LogP) is 4.91. The van der Waals surface area contributed by atoms with Crippen molar-refractivity contribution < 1.29 is 4.79 Å². The number of rotatable bonds is 6. The number of hydrogen-bond acceptors (Lipinski definition) is 4. The molecule has 5 rings (SSSR count). The van der Waals surface area contributed by atoms with Crippen molar-refractivity contribution in [2.75, 3.05) is 19.6 Å². The Labute approximate surface area is 207 Å². The van der Waals surface area contributed by atoms with Crippen LogP contribution in [0.25, 0.3) is 16.7 Å². The summed E-state index contributed by atoms with van der Waals surface area (Å²) in [4.78, 5) is 20.5. The molecule has 35 heavy (non-hydrogen) atoms. The number of pyridine rings is 1. The summed E-state index contributed by atoms with van der Waals surface area (Å²) < 4.78 is 1.84. The van der Waals surface area contributed by atoms with Crippen LogP contribution in [0.5, 0.6) is 0 Å². The third-order valence-electron chi connectivity index (χ3n) is 6.91. The maximum Gasteiger partial charge on any atom is 0.252 e. The lowest BCUT2D eigenvalue weighted by Gasteiger charge is -2.17. The molecule has 1 fully saturated rings. The molecule has 6 heteroatoms. The van der Waals surface area contributed by atoms with Gasteiger partial charge in [-0.1, -0.05) is 47.5 Å². The summed E-state index contributed by atoms with van der Waals surface area (Å²) in [6, 6.07) is 18.8. The molecule has 3 heterocycles. The van der Waals surface area contributed by atoms with Gasteiger partial charge in [-0.05, 0) is 70.3 Å². The van der Waals surface area contributed by atoms with E-state index < -0.39 is 0 Å². The van der Waals surface area contributed by atoms with Crippen molar-refractivity contribution in [2.24, 2.45) is 5.92 Å². The van der Waals surface area contributed by atoms with Crippen molar-refractivity contribution in [1.82, 2.24) is 25.0 Å². The highest BCUT2D eigenvalue weighted by Crippen LogP contribution is 2.25. The lowest BCUT2D eigenvalue weighted by molar-refractivity contribution is 0.0948. The summed E-state index contributed by atoms with van der Waals surface area (Å²) in [5, 5.41) is 8.76. The van der Waals surface area contributed by atoms with Crippen LogP contribution in [-0.4, -0.2) is 45.2 Å². The van der Waals surface area contributed by atoms with Gasteiger partial charge in [0.2, 0.25) is 0 Å². The largest absolute Gasteiger partial charge is 0.352 e. The minimum absolute atomic E-state index is 0.0518. The first kappa shape index (κ1) is 23.2. The first-order valence-electron chi connectivity index (χ1n) is 12.4. The minimum atomic E-state index is -0.0518. The Morgan fingerprint density at radius 2 is 1.69 bits per heavy atom. The zero-order chi connectivity index (χ0) is 24.5. The van der Waals surface area contributed by atoms with E-state index in [1.807, 2.05) is 36.7 Å². The maximum absolute atomic E-state index is 13.3. The number of carbonyl (C=O) groups is 1. The van der Waals surface area contributed by atoms with Gasteiger partial charge >= 0.3 is 0 Å². The summed E-state index contributed by atoms with van der Waals surface area (Å²) >= 11 is 0. The fraction of sp³-hybridized carbons (Fsp3) is 0.345. The van der Waals surface area contributed by atoms with E-state index in [9.17, 15) is 4.79 Å². The monoisotopic (exact) mass is 467 g/mol. The number of carbonyl (C=O) groups excluding carboxylic acids is 1. The van der Waals surface area contributed by atoms with Gasteiger partial charge in [0.1, 0.15) is 0 Å². The lowest BCUT2D eigenvalue weighted by atomic mass is 10.1. The van der Waals surface area contributed by atoms with Crippen LogP contribution < -0.4 is 5.32 Å². The molecule has 0 spiro atoms. The number of aryl methyl sites for hydroxylation is 4. The average molecular weight is 468 g/mol. The quantitative estimate of drug-likeness (QED) is 0.438. The highest BCUT2D eigenvalue weighted by molar-refractivity contribution is 6.06. The van der Waals surface area contributed by atoms with Crippen LogP contribution in [0.15, 0.2) is 54.6 Å². The van der Waals surface area contributed by atoms with Gasteiger partial charge in [-0.15, -0.1) is 0 Å². The molecule has 6 nitrogen and oxygen atoms in total. The van der Waals surface area contributed by atoms with Crippen LogP contribution in [0, 0.1) is 33.6 Å². The molecule has 0 unspecified atom stereocenters. The van der Waals surface area contributed by atoms with Gasteiger partial charge in [0.15, 0.2) is 5.65 Å². The molecule has 180 valence electrons. The van der Waals surface area contributed by atoms with E-state index in [2.05, 4.69) is 60.5 Å². The molecule has 0 aliphatic carbocycles. The van der Waals surface area contributed by atoms with E-state index in [1.54, 1.807) is 0 Å². The van der Waals surface area contributed by atoms with E-state index in [0.29, 0.717) is 18.0 Å². The van der Waals surface area contributed by atoms with Crippen molar-refractivity contribution in [3.05, 3.63) is 88.2 Å². The molecule has 0 bridgehead atoms. The number of fused-ring (bicyclic) bond motifs is 1. The van der Waals surface area contributed by atoms with Gasteiger partial charge in [0.05, 0.1) is 22.3 Å². The summed E-state index contributed by atoms with van der Waals surface area (Å²) in [5.41, 5.74) is 7.75. The lowest BCUT2D eigenvalue weighted by Crippen LogP contribution is -2.31. The van der Waals surface area contributed by atoms with Gasteiger partial charge in [0, 0.05) is 25.3 Å². The molecule has 2 aromatic carbocycles. The Hall–Kier alpha value is -3.51. The van der Waals surface area contributed by atoms with Gasteiger partial charge in [-0.25, -0.2) is 9.67 Å². The summed E-state index contributed by atoms with van der Waals surface area (Å²) in [6.07, 6.45) is 1.10. The predicted molar refractivity (Wildman–Crippen MR) is 140 cm³/mol. The Bertz CT molecular complexity index is 1350. The van der Waals surface area contributed by atoms with Crippen molar-refractivity contribution in [1.29, 1.82) is 0 Å². The molecule has 1 amide bonds. The minimum Gasteiger partial charge on any atom is -0.352 e. The standard InChI is InChI=1S/C29H33N5O/c1-19-5-9-23(10-6-19)17-33-14-13-24(18-33)16-30-29(35)26-15-21(3)31-28-27(26)22(4)32-34(28)25-11-7-20(2)8-12-25/h5-12,15,24H,13-14,16-18H2,1-4H3,(H,30,35)/t24-/m1/s1. The fourth-order valence-electron chi connectivity index (χ4n) is 4.97. The van der Waals surface area contributed by atoms with Crippen LogP contribution in [0.3, 0.4) is 0 Å². The van der Waals surface area contributed by atoms with Crippen LogP contribution in [-0.2, 0) is 6.54 Å². The zero-order valence-electron chi connectivity index (χ0n) is 21.0. The number of nitrogens with one attached hydrogen (secondary N) is 1. The van der Waals surface area contributed by atoms with E-state index >= 15 is 0 Å². The average Bonchev–Trinajstić information content (AvgIpc) is 3.43. The van der Waals surface area contributed by atoms with Crippen molar-refractivity contribution in [3.63, 3.8) is 0 Å². The zero-order valence-corrected chi connectivity index (χ0v) is 21.0. The number of aromatic nitrogens is 3. The third-order valence-corrected chi connectivity index (χ3v) is 6.91. The third kappa shape index (κ3) is 4.98. The van der Waals surface area contributed by atoms with Gasteiger partial charge in [-0.3, -0.25) is 9.69 Å². The summed E-state index contributed by atoms with van der Waals surface area (Å²) in [6.45, 7) is 11.8. The Kier molecular flexibility index (Phi) is 6.39. The molecule has 4 aromatic rings. The SMILES string of the molecule is Cc1ccc(CN2CC[C@H](CNC(=O)c3cc(C)nc4c3c(C)nn4-c3ccc(C)cc3)C2)cc1. The summed E-state index contributed by atoms with van der Waals surface area (Å²) in [5.74, 6) is 0.406. The Morgan fingerprint density at radius 1 is 1.00 bits per heavy atom. The van der Waals surface area contributed by atoms with Crippen LogP contribution >= 0.6 is 0 Å². The van der Waals surface area contributed by atoms with Gasteiger partial charge in [-0.2, -0.15) is 5.10 Å². The van der Waals surface area contributed by atoms with E-state index in [1.165, 1.54) is 16.7 Å². The van der Waals surface area contributed by atoms with Gasteiger partial charge < -0.3 is 5.32 Å². The molecule has 2 aromatic heterocycles. The van der Waals surface area contributed by atoms with Crippen molar-refractivity contribution in [2.45, 2.75) is 40.7 Å². The second kappa shape index (κ2) is 9.62. The Morgan fingerprint density at radius 3 is 2.40 bits per heavy atom. The molecular formula is C29H33N5O. The number of nitrogens with zero attached hydrogens (tertiary/aromatic N) is 4.